The van der Waals surface area contributed by atoms with E-state index in [9.17, 15) is 14.7 Å². The summed E-state index contributed by atoms with van der Waals surface area (Å²) in [6, 6.07) is 11.4. The molecule has 0 unspecified atom stereocenters. The van der Waals surface area contributed by atoms with E-state index in [1.54, 1.807) is 47.4 Å². The van der Waals surface area contributed by atoms with Crippen molar-refractivity contribution < 1.29 is 34.2 Å². The summed E-state index contributed by atoms with van der Waals surface area (Å²) in [5.74, 6) is 0.505. The van der Waals surface area contributed by atoms with Gasteiger partial charge in [0, 0.05) is 5.56 Å². The number of rotatable bonds is 4. The second kappa shape index (κ2) is 6.89. The Hall–Kier alpha value is -2.71. The number of aliphatic carboxylic acids is 1. The van der Waals surface area contributed by atoms with Crippen LogP contribution in [0.1, 0.15) is 21.3 Å². The van der Waals surface area contributed by atoms with Crippen LogP contribution < -0.4 is 24.6 Å². The number of benzene rings is 2. The molecule has 0 amide bonds. The summed E-state index contributed by atoms with van der Waals surface area (Å²) in [6.07, 6.45) is 0. The molecule has 7 nitrogen and oxygen atoms in total. The summed E-state index contributed by atoms with van der Waals surface area (Å²) in [7, 11) is 0. The van der Waals surface area contributed by atoms with Crippen molar-refractivity contribution in [2.24, 2.45) is 0 Å². The van der Waals surface area contributed by atoms with E-state index in [2.05, 4.69) is 0 Å². The highest BCUT2D eigenvalue weighted by molar-refractivity contribution is 7.99. The van der Waals surface area contributed by atoms with Crippen molar-refractivity contribution in [3.63, 3.8) is 0 Å². The van der Waals surface area contributed by atoms with E-state index in [1.807, 2.05) is 12.1 Å². The number of fused-ring (bicyclic) bond motifs is 1. The van der Waals surface area contributed by atoms with E-state index in [0.29, 0.717) is 28.6 Å². The number of ether oxygens (including phenoxy) is 3. The Labute approximate surface area is 153 Å². The predicted octanol–water partition coefficient (Wildman–Crippen LogP) is 0.0618. The minimum absolute atomic E-state index is 0.00323. The fourth-order valence-electron chi connectivity index (χ4n) is 2.80. The quantitative estimate of drug-likeness (QED) is 0.597. The third kappa shape index (κ3) is 3.33. The smallest absolute Gasteiger partial charge is 0.343 e. The number of carboxylic acids is 1. The molecule has 2 aromatic carbocycles. The van der Waals surface area contributed by atoms with Gasteiger partial charge >= 0.3 is 5.97 Å². The number of carbonyl (C=O) groups excluding carboxylic acids is 2. The van der Waals surface area contributed by atoms with E-state index in [-0.39, 0.29) is 12.2 Å². The monoisotopic (exact) mass is 373 g/mol. The first-order valence-corrected chi connectivity index (χ1v) is 9.04. The van der Waals surface area contributed by atoms with Crippen LogP contribution in [-0.4, -0.2) is 30.5 Å². The largest absolute Gasteiger partial charge is 0.544 e. The van der Waals surface area contributed by atoms with Crippen molar-refractivity contribution in [2.45, 2.75) is 11.4 Å². The van der Waals surface area contributed by atoms with Crippen LogP contribution in [0.5, 0.6) is 17.2 Å². The fraction of sp³-hybridized carbons (Fsp3) is 0.222. The summed E-state index contributed by atoms with van der Waals surface area (Å²) < 4.78 is 15.9. The molecule has 26 heavy (non-hydrogen) atoms. The van der Waals surface area contributed by atoms with Crippen molar-refractivity contribution in [1.82, 2.24) is 0 Å². The summed E-state index contributed by atoms with van der Waals surface area (Å²) >= 11 is 1.55. The zero-order valence-electron chi connectivity index (χ0n) is 13.5. The zero-order chi connectivity index (χ0) is 18.1. The third-order valence-electron chi connectivity index (χ3n) is 4.19. The fourth-order valence-corrected chi connectivity index (χ4v) is 4.11. The molecular formula is C18H15NO6S. The lowest BCUT2D eigenvalue weighted by Gasteiger charge is -2.11. The number of carbonyl (C=O) groups is 2. The third-order valence-corrected chi connectivity index (χ3v) is 5.53. The number of hydrogen-bond acceptors (Lipinski definition) is 7. The predicted molar refractivity (Wildman–Crippen MR) is 89.9 cm³/mol. The van der Waals surface area contributed by atoms with Gasteiger partial charge in [-0.05, 0) is 42.5 Å². The molecule has 0 spiro atoms. The molecule has 2 aromatic rings. The molecule has 0 aromatic heterocycles. The van der Waals surface area contributed by atoms with E-state index in [0.717, 1.165) is 5.56 Å². The van der Waals surface area contributed by atoms with Gasteiger partial charge < -0.3 is 29.4 Å². The van der Waals surface area contributed by atoms with Gasteiger partial charge in [-0.3, -0.25) is 0 Å². The van der Waals surface area contributed by atoms with Crippen molar-refractivity contribution >= 4 is 23.7 Å². The molecule has 2 aliphatic heterocycles. The van der Waals surface area contributed by atoms with Gasteiger partial charge in [-0.25, -0.2) is 4.79 Å². The average Bonchev–Trinajstić information content (AvgIpc) is 3.31. The number of esters is 1. The molecule has 1 saturated heterocycles. The normalized spacial score (nSPS) is 20.8. The van der Waals surface area contributed by atoms with E-state index >= 15 is 0 Å². The van der Waals surface area contributed by atoms with Crippen LogP contribution in [0.3, 0.4) is 0 Å². The van der Waals surface area contributed by atoms with Gasteiger partial charge in [0.25, 0.3) is 0 Å². The standard InChI is InChI=1S/C18H15NO6S/c20-17(21)13-8-26-16(19-13)10-1-4-12(5-2-10)25-18(22)11-3-6-14-15(7-11)24-9-23-14/h1-7,13,16,19H,8-9H2,(H,20,21)/t13-,16+/m0/s1. The van der Waals surface area contributed by atoms with Crippen LogP contribution in [0.15, 0.2) is 42.5 Å². The Morgan fingerprint density at radius 2 is 1.88 bits per heavy atom. The Balaban J connectivity index is 1.41. The minimum Gasteiger partial charge on any atom is -0.544 e. The van der Waals surface area contributed by atoms with Gasteiger partial charge in [-0.2, -0.15) is 0 Å². The number of quaternary nitrogens is 1. The molecular weight excluding hydrogens is 358 g/mol. The second-order valence-corrected chi connectivity index (χ2v) is 7.07. The number of carboxylic acid groups (broad SMARTS) is 1. The number of nitrogens with two attached hydrogens (primary N) is 1. The Kier molecular flexibility index (Phi) is 4.44. The van der Waals surface area contributed by atoms with Gasteiger partial charge in [-0.1, -0.05) is 11.8 Å². The second-order valence-electron chi connectivity index (χ2n) is 5.90. The molecule has 2 N–H and O–H groups in total. The molecule has 8 heteroatoms. The lowest BCUT2D eigenvalue weighted by molar-refractivity contribution is -0.690. The highest BCUT2D eigenvalue weighted by Crippen LogP contribution is 2.33. The van der Waals surface area contributed by atoms with Gasteiger partial charge in [0.15, 0.2) is 16.9 Å². The van der Waals surface area contributed by atoms with Crippen LogP contribution in [0, 0.1) is 0 Å². The van der Waals surface area contributed by atoms with Gasteiger partial charge in [0.2, 0.25) is 6.79 Å². The van der Waals surface area contributed by atoms with Crippen molar-refractivity contribution in [1.29, 1.82) is 0 Å². The van der Waals surface area contributed by atoms with E-state index < -0.39 is 18.0 Å². The molecule has 1 fully saturated rings. The first-order chi connectivity index (χ1) is 12.6. The molecule has 2 atom stereocenters. The van der Waals surface area contributed by atoms with Gasteiger partial charge in [0.1, 0.15) is 17.8 Å². The Morgan fingerprint density at radius 3 is 2.62 bits per heavy atom. The molecule has 0 aliphatic carbocycles. The Bertz CT molecular complexity index is 853. The number of hydrogen-bond donors (Lipinski definition) is 1. The summed E-state index contributed by atoms with van der Waals surface area (Å²) in [5, 5.41) is 12.7. The molecule has 0 saturated carbocycles. The molecule has 0 radical (unpaired) electrons. The van der Waals surface area contributed by atoms with Gasteiger partial charge in [0.05, 0.1) is 11.3 Å². The van der Waals surface area contributed by atoms with Crippen molar-refractivity contribution in [2.75, 3.05) is 12.5 Å². The SMILES string of the molecule is O=C(Oc1ccc([C@@H]2[NH2+][C@H](C(=O)[O-])CS2)cc1)c1ccc2c(c1)OCO2. The molecule has 4 rings (SSSR count). The zero-order valence-corrected chi connectivity index (χ0v) is 14.4. The van der Waals surface area contributed by atoms with Crippen molar-refractivity contribution in [3.8, 4) is 17.2 Å². The summed E-state index contributed by atoms with van der Waals surface area (Å²) in [4.78, 5) is 23.2. The first-order valence-electron chi connectivity index (χ1n) is 7.99. The Morgan fingerprint density at radius 1 is 1.12 bits per heavy atom. The lowest BCUT2D eigenvalue weighted by atomic mass is 10.2. The number of thioether (sulfide) groups is 1. The van der Waals surface area contributed by atoms with Crippen LogP contribution in [-0.2, 0) is 4.79 Å². The highest BCUT2D eigenvalue weighted by Gasteiger charge is 2.30. The van der Waals surface area contributed by atoms with E-state index in [1.165, 1.54) is 0 Å². The first kappa shape index (κ1) is 16.7. The van der Waals surface area contributed by atoms with Crippen LogP contribution in [0.4, 0.5) is 0 Å². The maximum atomic E-state index is 12.3. The van der Waals surface area contributed by atoms with Crippen LogP contribution >= 0.6 is 11.8 Å². The van der Waals surface area contributed by atoms with Gasteiger partial charge in [-0.15, -0.1) is 0 Å². The minimum atomic E-state index is -1.05. The summed E-state index contributed by atoms with van der Waals surface area (Å²) in [5.41, 5.74) is 1.33. The van der Waals surface area contributed by atoms with Crippen LogP contribution in [0.25, 0.3) is 0 Å². The topological polar surface area (TPSA) is 102 Å². The molecule has 2 heterocycles. The lowest BCUT2D eigenvalue weighted by Crippen LogP contribution is -2.90. The van der Waals surface area contributed by atoms with E-state index in [4.69, 9.17) is 14.2 Å². The van der Waals surface area contributed by atoms with Crippen LogP contribution in [0.2, 0.25) is 0 Å². The molecule has 2 aliphatic rings. The maximum Gasteiger partial charge on any atom is 0.343 e. The maximum absolute atomic E-state index is 12.3. The molecule has 0 bridgehead atoms. The summed E-state index contributed by atoms with van der Waals surface area (Å²) in [6.45, 7) is 0.143. The average molecular weight is 373 g/mol. The molecule has 134 valence electrons. The van der Waals surface area contributed by atoms with Crippen molar-refractivity contribution in [3.05, 3.63) is 53.6 Å². The highest BCUT2D eigenvalue weighted by atomic mass is 32.2.